The van der Waals surface area contributed by atoms with E-state index in [1.54, 1.807) is 0 Å². The highest BCUT2D eigenvalue weighted by molar-refractivity contribution is 7.55. The van der Waals surface area contributed by atoms with Gasteiger partial charge >= 0.3 is 0 Å². The fourth-order valence-electron chi connectivity index (χ4n) is 2.63. The van der Waals surface area contributed by atoms with E-state index in [9.17, 15) is 14.3 Å². The van der Waals surface area contributed by atoms with Crippen molar-refractivity contribution in [2.75, 3.05) is 19.4 Å². The van der Waals surface area contributed by atoms with E-state index in [1.807, 2.05) is 13.8 Å². The van der Waals surface area contributed by atoms with Crippen LogP contribution >= 0.6 is 7.52 Å². The minimum absolute atomic E-state index is 0.0315. The van der Waals surface area contributed by atoms with Gasteiger partial charge in [-0.05, 0) is 31.1 Å². The predicted molar refractivity (Wildman–Crippen MR) is 87.9 cm³/mol. The van der Waals surface area contributed by atoms with Crippen molar-refractivity contribution in [3.8, 4) is 0 Å². The maximum atomic E-state index is 12.5. The quantitative estimate of drug-likeness (QED) is 0.686. The van der Waals surface area contributed by atoms with Gasteiger partial charge in [0.2, 0.25) is 5.91 Å². The topological polar surface area (TPSA) is 87.7 Å². The normalized spacial score (nSPS) is 31.9. The molecule has 7 heteroatoms. The minimum atomic E-state index is -3.56. The molecule has 6 nitrogen and oxygen atoms in total. The summed E-state index contributed by atoms with van der Waals surface area (Å²) in [5.41, 5.74) is 0. The van der Waals surface area contributed by atoms with Crippen molar-refractivity contribution in [3.63, 3.8) is 0 Å². The Kier molecular flexibility index (Phi) is 8.04. The highest BCUT2D eigenvalue weighted by Crippen LogP contribution is 2.36. The van der Waals surface area contributed by atoms with E-state index >= 15 is 0 Å². The summed E-state index contributed by atoms with van der Waals surface area (Å²) in [7, 11) is -3.56. The number of hydrogen-bond acceptors (Lipinski definition) is 3. The lowest BCUT2D eigenvalue weighted by atomic mass is 9.99. The monoisotopic (exact) mass is 334 g/mol. The van der Waals surface area contributed by atoms with E-state index in [0.717, 1.165) is 12.8 Å². The molecule has 0 saturated carbocycles. The zero-order chi connectivity index (χ0) is 16.8. The van der Waals surface area contributed by atoms with Gasteiger partial charge in [0.05, 0.1) is 18.8 Å². The van der Waals surface area contributed by atoms with Crippen LogP contribution < -0.4 is 10.4 Å². The van der Waals surface area contributed by atoms with E-state index in [2.05, 4.69) is 24.3 Å². The first-order chi connectivity index (χ1) is 10.2. The molecule has 0 aromatic heterocycles. The van der Waals surface area contributed by atoms with E-state index in [4.69, 9.17) is 4.74 Å². The molecule has 1 saturated heterocycles. The molecule has 1 aliphatic rings. The van der Waals surface area contributed by atoms with Crippen molar-refractivity contribution in [1.29, 1.82) is 0 Å². The van der Waals surface area contributed by atoms with Crippen LogP contribution in [0.15, 0.2) is 0 Å². The second-order valence-corrected chi connectivity index (χ2v) is 9.08. The van der Waals surface area contributed by atoms with E-state index in [-0.39, 0.29) is 30.6 Å². The largest absolute Gasteiger partial charge is 0.381 e. The number of carbonyl (C=O) groups excluding carboxylic acids is 1. The van der Waals surface area contributed by atoms with Gasteiger partial charge in [0.15, 0.2) is 0 Å². The van der Waals surface area contributed by atoms with E-state index in [0.29, 0.717) is 18.9 Å². The molecule has 0 aliphatic carbocycles. The Bertz CT molecular complexity index is 401. The Labute approximate surface area is 133 Å². The van der Waals surface area contributed by atoms with Crippen LogP contribution in [0.4, 0.5) is 0 Å². The summed E-state index contributed by atoms with van der Waals surface area (Å²) in [5, 5.41) is 5.69. The van der Waals surface area contributed by atoms with Crippen LogP contribution in [-0.4, -0.2) is 42.3 Å². The average molecular weight is 334 g/mol. The Morgan fingerprint density at radius 1 is 1.23 bits per heavy atom. The average Bonchev–Trinajstić information content (AvgIpc) is 2.36. The molecule has 22 heavy (non-hydrogen) atoms. The summed E-state index contributed by atoms with van der Waals surface area (Å²) in [6.45, 7) is 8.95. The van der Waals surface area contributed by atoms with Crippen molar-refractivity contribution in [1.82, 2.24) is 10.4 Å². The lowest BCUT2D eigenvalue weighted by Gasteiger charge is -2.26. The lowest BCUT2D eigenvalue weighted by Crippen LogP contribution is -2.48. The van der Waals surface area contributed by atoms with Gasteiger partial charge < -0.3 is 14.9 Å². The van der Waals surface area contributed by atoms with Crippen LogP contribution in [0, 0.1) is 11.8 Å². The fraction of sp³-hybridized carbons (Fsp3) is 0.933. The van der Waals surface area contributed by atoms with Crippen LogP contribution in [0.25, 0.3) is 0 Å². The Morgan fingerprint density at radius 3 is 2.45 bits per heavy atom. The molecule has 1 rings (SSSR count). The third-order valence-corrected chi connectivity index (χ3v) is 5.14. The maximum Gasteiger partial charge on any atom is 0.270 e. The predicted octanol–water partition coefficient (Wildman–Crippen LogP) is 2.13. The van der Waals surface area contributed by atoms with Gasteiger partial charge in [0.25, 0.3) is 7.52 Å². The molecule has 1 heterocycles. The lowest BCUT2D eigenvalue weighted by molar-refractivity contribution is -0.124. The first kappa shape index (κ1) is 19.6. The van der Waals surface area contributed by atoms with Crippen LogP contribution in [0.1, 0.15) is 47.0 Å². The summed E-state index contributed by atoms with van der Waals surface area (Å²) in [5.74, 6) is 0.541. The molecule has 1 unspecified atom stereocenters. The molecule has 0 bridgehead atoms. The summed E-state index contributed by atoms with van der Waals surface area (Å²) in [4.78, 5) is 22.5. The van der Waals surface area contributed by atoms with Crippen LogP contribution in [0.5, 0.6) is 0 Å². The van der Waals surface area contributed by atoms with Crippen LogP contribution in [-0.2, 0) is 14.1 Å². The zero-order valence-electron chi connectivity index (χ0n) is 14.2. The van der Waals surface area contributed by atoms with Crippen molar-refractivity contribution in [2.45, 2.75) is 59.0 Å². The van der Waals surface area contributed by atoms with Gasteiger partial charge in [0.1, 0.15) is 0 Å². The molecule has 0 aromatic rings. The number of nitrogens with one attached hydrogen (secondary N) is 2. The van der Waals surface area contributed by atoms with Gasteiger partial charge in [-0.3, -0.25) is 9.36 Å². The van der Waals surface area contributed by atoms with Crippen molar-refractivity contribution >= 4 is 13.4 Å². The van der Waals surface area contributed by atoms with Gasteiger partial charge in [-0.25, -0.2) is 5.09 Å². The summed E-state index contributed by atoms with van der Waals surface area (Å²) >= 11 is 0. The van der Waals surface area contributed by atoms with Crippen molar-refractivity contribution in [3.05, 3.63) is 0 Å². The number of carbonyl (C=O) groups is 1. The number of hydrogen-bond donors (Lipinski definition) is 3. The highest BCUT2D eigenvalue weighted by Gasteiger charge is 2.30. The number of rotatable bonds is 4. The van der Waals surface area contributed by atoms with Crippen LogP contribution in [0.3, 0.4) is 0 Å². The number of ether oxygens (including phenoxy) is 1. The highest BCUT2D eigenvalue weighted by atomic mass is 31.2. The molecule has 1 amide bonds. The summed E-state index contributed by atoms with van der Waals surface area (Å²) in [6, 6.07) is -0.594. The molecule has 0 spiro atoms. The van der Waals surface area contributed by atoms with E-state index in [1.165, 1.54) is 0 Å². The second kappa shape index (κ2) is 9.02. The summed E-state index contributed by atoms with van der Waals surface area (Å²) < 4.78 is 17.6. The first-order valence-corrected chi connectivity index (χ1v) is 10.0. The maximum absolute atomic E-state index is 12.5. The van der Waals surface area contributed by atoms with Crippen LogP contribution in [0.2, 0.25) is 0 Å². The molecule has 3 atom stereocenters. The zero-order valence-corrected chi connectivity index (χ0v) is 15.1. The third-order valence-electron chi connectivity index (χ3n) is 3.63. The van der Waals surface area contributed by atoms with Gasteiger partial charge in [0, 0.05) is 12.6 Å². The molecule has 1 aliphatic heterocycles. The minimum Gasteiger partial charge on any atom is -0.381 e. The molecule has 0 radical (unpaired) electrons. The summed E-state index contributed by atoms with van der Waals surface area (Å²) in [6.07, 6.45) is 2.17. The van der Waals surface area contributed by atoms with Gasteiger partial charge in [-0.15, -0.1) is 0 Å². The standard InChI is InChI=1S/C15H31N2O4P/c1-11(2)9-13-5-6-21-7-8-22(19,20)17-14(10-12(3)4)15(18)16-13/h11-14H,5-10H2,1-4H3,(H,16,18)(H2,17,19,20)/t13-,14+/m1/s1. The Morgan fingerprint density at radius 2 is 1.86 bits per heavy atom. The SMILES string of the molecule is CC(C)C[C@H]1CCOCCP(=O)(O)N[C@@H](CC(C)C)C(=O)N1. The van der Waals surface area contributed by atoms with Crippen molar-refractivity contribution < 1.29 is 19.0 Å². The molecule has 3 N–H and O–H groups in total. The molecule has 130 valence electrons. The molecule has 0 aromatic carbocycles. The molecular formula is C15H31N2O4P. The number of amides is 1. The Hall–Kier alpha value is -0.420. The van der Waals surface area contributed by atoms with Gasteiger partial charge in [-0.1, -0.05) is 27.7 Å². The fourth-order valence-corrected chi connectivity index (χ4v) is 3.85. The van der Waals surface area contributed by atoms with Crippen molar-refractivity contribution in [2.24, 2.45) is 11.8 Å². The second-order valence-electron chi connectivity index (χ2n) is 6.97. The van der Waals surface area contributed by atoms with Gasteiger partial charge in [-0.2, -0.15) is 0 Å². The third kappa shape index (κ3) is 7.73. The smallest absolute Gasteiger partial charge is 0.270 e. The molecular weight excluding hydrogens is 303 g/mol. The molecule has 1 fully saturated rings. The Balaban J connectivity index is 2.86. The first-order valence-electron chi connectivity index (χ1n) is 8.17. The van der Waals surface area contributed by atoms with E-state index < -0.39 is 13.6 Å².